The molecular weight excluding hydrogens is 316 g/mol. The van der Waals surface area contributed by atoms with Crippen molar-refractivity contribution < 1.29 is 9.59 Å². The van der Waals surface area contributed by atoms with Gasteiger partial charge in [0.2, 0.25) is 5.91 Å². The van der Waals surface area contributed by atoms with E-state index in [0.717, 1.165) is 4.88 Å². The van der Waals surface area contributed by atoms with Crippen LogP contribution in [0.25, 0.3) is 0 Å². The van der Waals surface area contributed by atoms with Gasteiger partial charge in [0.25, 0.3) is 5.91 Å². The van der Waals surface area contributed by atoms with E-state index in [-0.39, 0.29) is 18.4 Å². The fraction of sp³-hybridized carbons (Fsp3) is 0.231. The van der Waals surface area contributed by atoms with Crippen molar-refractivity contribution in [3.63, 3.8) is 0 Å². The molecule has 0 unspecified atom stereocenters. The number of nitrogens with one attached hydrogen (secondary N) is 1. The average Bonchev–Trinajstić information content (AvgIpc) is 3.07. The zero-order valence-corrected chi connectivity index (χ0v) is 13.1. The molecule has 0 atom stereocenters. The first kappa shape index (κ1) is 15.0. The smallest absolute Gasteiger partial charge is 0.261 e. The van der Waals surface area contributed by atoms with Crippen LogP contribution in [-0.2, 0) is 11.3 Å². The molecule has 20 heavy (non-hydrogen) atoms. The molecule has 0 spiro atoms. The van der Waals surface area contributed by atoms with Crippen LogP contribution in [0, 0.1) is 0 Å². The lowest BCUT2D eigenvalue weighted by atomic mass is 10.4. The lowest BCUT2D eigenvalue weighted by Gasteiger charge is -2.16. The molecule has 0 saturated carbocycles. The van der Waals surface area contributed by atoms with Crippen molar-refractivity contribution in [2.45, 2.75) is 6.54 Å². The second-order valence-electron chi connectivity index (χ2n) is 4.12. The molecule has 0 aliphatic rings. The molecule has 0 radical (unpaired) electrons. The Labute approximate surface area is 130 Å². The van der Waals surface area contributed by atoms with Crippen molar-refractivity contribution >= 4 is 46.1 Å². The van der Waals surface area contributed by atoms with Gasteiger partial charge in [-0.25, -0.2) is 0 Å². The minimum absolute atomic E-state index is 0.00760. The second kappa shape index (κ2) is 6.88. The molecule has 0 aliphatic heterocycles. The lowest BCUT2D eigenvalue weighted by Crippen LogP contribution is -2.37. The standard InChI is InChI=1S/C13H13ClN2O2S2/c1-16(8-9-4-5-11(14)20-9)12(17)7-15-13(18)10-3-2-6-19-10/h2-6H,7-8H2,1H3,(H,15,18). The summed E-state index contributed by atoms with van der Waals surface area (Å²) in [5, 5.41) is 4.44. The number of carbonyl (C=O) groups excluding carboxylic acids is 2. The first-order valence-electron chi connectivity index (χ1n) is 5.86. The van der Waals surface area contributed by atoms with Crippen LogP contribution in [0.1, 0.15) is 14.5 Å². The molecular formula is C13H13ClN2O2S2. The topological polar surface area (TPSA) is 49.4 Å². The number of halogens is 1. The first-order chi connectivity index (χ1) is 9.56. The van der Waals surface area contributed by atoms with Crippen LogP contribution in [0.4, 0.5) is 0 Å². The van der Waals surface area contributed by atoms with Crippen LogP contribution in [0.3, 0.4) is 0 Å². The Morgan fingerprint density at radius 2 is 2.15 bits per heavy atom. The highest BCUT2D eigenvalue weighted by atomic mass is 35.5. The summed E-state index contributed by atoms with van der Waals surface area (Å²) in [5.41, 5.74) is 0. The minimum Gasteiger partial charge on any atom is -0.342 e. The Kier molecular flexibility index (Phi) is 5.17. The Bertz CT molecular complexity index is 595. The molecule has 2 aromatic heterocycles. The minimum atomic E-state index is -0.221. The Hall–Kier alpha value is -1.37. The van der Waals surface area contributed by atoms with Crippen LogP contribution in [0.5, 0.6) is 0 Å². The molecule has 4 nitrogen and oxygen atoms in total. The molecule has 2 aromatic rings. The van der Waals surface area contributed by atoms with Gasteiger partial charge in [-0.3, -0.25) is 9.59 Å². The Morgan fingerprint density at radius 1 is 1.35 bits per heavy atom. The molecule has 2 rings (SSSR count). The summed E-state index contributed by atoms with van der Waals surface area (Å²) in [5.74, 6) is -0.361. The maximum atomic E-state index is 11.9. The van der Waals surface area contributed by atoms with Crippen molar-refractivity contribution in [3.8, 4) is 0 Å². The SMILES string of the molecule is CN(Cc1ccc(Cl)s1)C(=O)CNC(=O)c1cccs1. The number of likely N-dealkylation sites (N-methyl/N-ethyl adjacent to an activating group) is 1. The van der Waals surface area contributed by atoms with E-state index >= 15 is 0 Å². The van der Waals surface area contributed by atoms with Gasteiger partial charge in [-0.2, -0.15) is 0 Å². The molecule has 7 heteroatoms. The molecule has 106 valence electrons. The predicted octanol–water partition coefficient (Wildman–Crippen LogP) is 2.85. The molecule has 2 amide bonds. The van der Waals surface area contributed by atoms with Crippen LogP contribution >= 0.6 is 34.3 Å². The van der Waals surface area contributed by atoms with E-state index in [1.165, 1.54) is 22.7 Å². The summed E-state index contributed by atoms with van der Waals surface area (Å²) in [6.07, 6.45) is 0. The van der Waals surface area contributed by atoms with E-state index < -0.39 is 0 Å². The molecule has 0 bridgehead atoms. The highest BCUT2D eigenvalue weighted by Crippen LogP contribution is 2.22. The van der Waals surface area contributed by atoms with E-state index in [4.69, 9.17) is 11.6 Å². The molecule has 2 heterocycles. The summed E-state index contributed by atoms with van der Waals surface area (Å²) >= 11 is 8.63. The molecule has 1 N–H and O–H groups in total. The second-order valence-corrected chi connectivity index (χ2v) is 6.86. The number of thiophene rings is 2. The van der Waals surface area contributed by atoms with E-state index in [2.05, 4.69) is 5.32 Å². The summed E-state index contributed by atoms with van der Waals surface area (Å²) in [6, 6.07) is 7.22. The number of nitrogens with zero attached hydrogens (tertiary/aromatic N) is 1. The van der Waals surface area contributed by atoms with E-state index in [1.54, 1.807) is 30.1 Å². The lowest BCUT2D eigenvalue weighted by molar-refractivity contribution is -0.129. The fourth-order valence-electron chi connectivity index (χ4n) is 1.54. The third-order valence-electron chi connectivity index (χ3n) is 2.59. The highest BCUT2D eigenvalue weighted by Gasteiger charge is 2.13. The number of rotatable bonds is 5. The van der Waals surface area contributed by atoms with Crippen molar-refractivity contribution in [1.82, 2.24) is 10.2 Å². The third-order valence-corrected chi connectivity index (χ3v) is 4.68. The number of hydrogen-bond acceptors (Lipinski definition) is 4. The van der Waals surface area contributed by atoms with Crippen molar-refractivity contribution in [2.75, 3.05) is 13.6 Å². The van der Waals surface area contributed by atoms with E-state index in [1.807, 2.05) is 11.4 Å². The van der Waals surface area contributed by atoms with E-state index in [9.17, 15) is 9.59 Å². The fourth-order valence-corrected chi connectivity index (χ4v) is 3.33. The molecule has 0 aromatic carbocycles. The number of hydrogen-bond donors (Lipinski definition) is 1. The van der Waals surface area contributed by atoms with Crippen molar-refractivity contribution in [2.24, 2.45) is 0 Å². The maximum absolute atomic E-state index is 11.9. The zero-order chi connectivity index (χ0) is 14.5. The van der Waals surface area contributed by atoms with Gasteiger partial charge >= 0.3 is 0 Å². The largest absolute Gasteiger partial charge is 0.342 e. The van der Waals surface area contributed by atoms with E-state index in [0.29, 0.717) is 15.8 Å². The summed E-state index contributed by atoms with van der Waals surface area (Å²) < 4.78 is 0.701. The van der Waals surface area contributed by atoms with Gasteiger partial charge in [0.15, 0.2) is 0 Å². The molecule has 0 fully saturated rings. The third kappa shape index (κ3) is 4.06. The normalized spacial score (nSPS) is 10.3. The first-order valence-corrected chi connectivity index (χ1v) is 7.93. The van der Waals surface area contributed by atoms with Gasteiger partial charge in [-0.15, -0.1) is 22.7 Å². The van der Waals surface area contributed by atoms with Gasteiger partial charge in [0.05, 0.1) is 22.3 Å². The van der Waals surface area contributed by atoms with Crippen molar-refractivity contribution in [3.05, 3.63) is 43.7 Å². The van der Waals surface area contributed by atoms with Gasteiger partial charge in [-0.05, 0) is 23.6 Å². The van der Waals surface area contributed by atoms with Gasteiger partial charge in [0, 0.05) is 11.9 Å². The van der Waals surface area contributed by atoms with Crippen LogP contribution in [-0.4, -0.2) is 30.3 Å². The average molecular weight is 329 g/mol. The molecule has 0 saturated heterocycles. The van der Waals surface area contributed by atoms with Gasteiger partial charge in [0.1, 0.15) is 0 Å². The predicted molar refractivity (Wildman–Crippen MR) is 82.5 cm³/mol. The van der Waals surface area contributed by atoms with Crippen LogP contribution < -0.4 is 5.32 Å². The quantitative estimate of drug-likeness (QED) is 0.917. The Morgan fingerprint density at radius 3 is 2.75 bits per heavy atom. The number of carbonyl (C=O) groups is 2. The van der Waals surface area contributed by atoms with Crippen LogP contribution in [0.15, 0.2) is 29.6 Å². The molecule has 0 aliphatic carbocycles. The van der Waals surface area contributed by atoms with Crippen LogP contribution in [0.2, 0.25) is 4.34 Å². The Balaban J connectivity index is 1.81. The van der Waals surface area contributed by atoms with Gasteiger partial charge < -0.3 is 10.2 Å². The zero-order valence-electron chi connectivity index (χ0n) is 10.8. The monoisotopic (exact) mass is 328 g/mol. The summed E-state index contributed by atoms with van der Waals surface area (Å²) in [4.78, 5) is 26.8. The maximum Gasteiger partial charge on any atom is 0.261 e. The highest BCUT2D eigenvalue weighted by molar-refractivity contribution is 7.16. The van der Waals surface area contributed by atoms with Crippen molar-refractivity contribution in [1.29, 1.82) is 0 Å². The summed E-state index contributed by atoms with van der Waals surface area (Å²) in [6.45, 7) is 0.484. The van der Waals surface area contributed by atoms with Gasteiger partial charge in [-0.1, -0.05) is 17.7 Å². The summed E-state index contributed by atoms with van der Waals surface area (Å²) in [7, 11) is 1.70. The number of amides is 2.